The Labute approximate surface area is 75.7 Å². The van der Waals surface area contributed by atoms with E-state index >= 15 is 0 Å². The molecule has 12 heavy (non-hydrogen) atoms. The molecule has 0 aliphatic carbocycles. The van der Waals surface area contributed by atoms with Crippen LogP contribution in [0, 0.1) is 0 Å². The van der Waals surface area contributed by atoms with Gasteiger partial charge in [0.05, 0.1) is 11.2 Å². The van der Waals surface area contributed by atoms with Crippen LogP contribution in [0.1, 0.15) is 5.56 Å². The number of ether oxygens (including phenoxy) is 1. The van der Waals surface area contributed by atoms with E-state index in [9.17, 15) is 0 Å². The molecule has 0 amide bonds. The summed E-state index contributed by atoms with van der Waals surface area (Å²) in [5.41, 5.74) is 1.20. The average molecular weight is 176 g/mol. The van der Waals surface area contributed by atoms with Crippen molar-refractivity contribution in [1.29, 1.82) is 0 Å². The van der Waals surface area contributed by atoms with Crippen LogP contribution in [0.4, 0.5) is 0 Å². The third-order valence-corrected chi connectivity index (χ3v) is 2.40. The Morgan fingerprint density at radius 2 is 1.92 bits per heavy atom. The highest BCUT2D eigenvalue weighted by Gasteiger charge is 2.02. The Balaban J connectivity index is 2.26. The first-order chi connectivity index (χ1) is 5.97. The molecule has 0 atom stereocenters. The topological polar surface area (TPSA) is 9.23 Å². The van der Waals surface area contributed by atoms with E-state index in [1.165, 1.54) is 5.56 Å². The summed E-state index contributed by atoms with van der Waals surface area (Å²) >= 11 is 1.67. The zero-order valence-electron chi connectivity index (χ0n) is 6.44. The van der Waals surface area contributed by atoms with E-state index in [1.54, 1.807) is 24.3 Å². The number of thioether (sulfide) groups is 1. The highest BCUT2D eigenvalue weighted by molar-refractivity contribution is 8.10. The zero-order valence-corrected chi connectivity index (χ0v) is 7.25. The third-order valence-electron chi connectivity index (χ3n) is 1.56. The van der Waals surface area contributed by atoms with E-state index in [-0.39, 0.29) is 0 Å². The lowest BCUT2D eigenvalue weighted by Gasteiger charge is -2.06. The Hall–Kier alpha value is -1.15. The molecule has 60 valence electrons. The van der Waals surface area contributed by atoms with Crippen LogP contribution in [-0.4, -0.2) is 0 Å². The molecule has 0 N–H and O–H groups in total. The predicted molar refractivity (Wildman–Crippen MR) is 52.2 cm³/mol. The van der Waals surface area contributed by atoms with E-state index in [0.717, 1.165) is 4.91 Å². The van der Waals surface area contributed by atoms with Crippen LogP contribution in [0.5, 0.6) is 0 Å². The fourth-order valence-corrected chi connectivity index (χ4v) is 1.65. The molecule has 2 heteroatoms. The zero-order chi connectivity index (χ0) is 8.23. The second-order valence-corrected chi connectivity index (χ2v) is 3.32. The van der Waals surface area contributed by atoms with Crippen molar-refractivity contribution in [3.8, 4) is 0 Å². The Morgan fingerprint density at radius 1 is 1.08 bits per heavy atom. The van der Waals surface area contributed by atoms with E-state index in [1.807, 2.05) is 23.6 Å². The van der Waals surface area contributed by atoms with E-state index in [4.69, 9.17) is 4.74 Å². The fourth-order valence-electron chi connectivity index (χ4n) is 1.00. The van der Waals surface area contributed by atoms with Crippen molar-refractivity contribution in [2.75, 3.05) is 0 Å². The van der Waals surface area contributed by atoms with Gasteiger partial charge in [-0.3, -0.25) is 0 Å². The standard InChI is InChI=1S/C10H8OS/c1-2-4-9(5-3-1)10-8-11-6-7-12-10/h1-8H. The van der Waals surface area contributed by atoms with Crippen LogP contribution >= 0.6 is 11.8 Å². The SMILES string of the molecule is C1=CSC(c2ccccc2)=CO1. The largest absolute Gasteiger partial charge is 0.471 e. The van der Waals surface area contributed by atoms with E-state index < -0.39 is 0 Å². The lowest BCUT2D eigenvalue weighted by molar-refractivity contribution is 0.406. The van der Waals surface area contributed by atoms with Crippen molar-refractivity contribution in [1.82, 2.24) is 0 Å². The van der Waals surface area contributed by atoms with Gasteiger partial charge in [0.25, 0.3) is 0 Å². The van der Waals surface area contributed by atoms with Crippen LogP contribution in [0.25, 0.3) is 4.91 Å². The molecule has 0 saturated carbocycles. The van der Waals surface area contributed by atoms with Gasteiger partial charge in [0.15, 0.2) is 0 Å². The molecule has 0 aromatic heterocycles. The summed E-state index contributed by atoms with van der Waals surface area (Å²) in [5, 5.41) is 1.93. The molecule has 2 rings (SSSR count). The van der Waals surface area contributed by atoms with Gasteiger partial charge in [-0.15, -0.1) is 0 Å². The van der Waals surface area contributed by atoms with Gasteiger partial charge in [-0.05, 0) is 5.56 Å². The van der Waals surface area contributed by atoms with Gasteiger partial charge in [-0.25, -0.2) is 0 Å². The van der Waals surface area contributed by atoms with Crippen molar-refractivity contribution in [2.45, 2.75) is 0 Å². The van der Waals surface area contributed by atoms with Crippen LogP contribution in [-0.2, 0) is 4.74 Å². The highest BCUT2D eigenvalue weighted by Crippen LogP contribution is 2.30. The van der Waals surface area contributed by atoms with Crippen molar-refractivity contribution < 1.29 is 4.74 Å². The summed E-state index contributed by atoms with van der Waals surface area (Å²) in [6.07, 6.45) is 3.44. The lowest BCUT2D eigenvalue weighted by atomic mass is 10.2. The molecule has 0 unspecified atom stereocenters. The second-order valence-electron chi connectivity index (χ2n) is 2.37. The summed E-state index contributed by atoms with van der Waals surface area (Å²) < 4.78 is 5.07. The van der Waals surface area contributed by atoms with Crippen molar-refractivity contribution in [2.24, 2.45) is 0 Å². The molecule has 0 radical (unpaired) electrons. The molecule has 1 aliphatic heterocycles. The smallest absolute Gasteiger partial charge is 0.105 e. The minimum Gasteiger partial charge on any atom is -0.471 e. The summed E-state index contributed by atoms with van der Waals surface area (Å²) in [4.78, 5) is 1.15. The summed E-state index contributed by atoms with van der Waals surface area (Å²) in [7, 11) is 0. The first kappa shape index (κ1) is 7.50. The van der Waals surface area contributed by atoms with E-state index in [0.29, 0.717) is 0 Å². The Kier molecular flexibility index (Phi) is 2.19. The molecule has 0 saturated heterocycles. The number of hydrogen-bond donors (Lipinski definition) is 0. The van der Waals surface area contributed by atoms with E-state index in [2.05, 4.69) is 12.1 Å². The van der Waals surface area contributed by atoms with Crippen LogP contribution in [0.2, 0.25) is 0 Å². The monoisotopic (exact) mass is 176 g/mol. The molecular formula is C10H8OS. The van der Waals surface area contributed by atoms with Crippen LogP contribution in [0.15, 0.2) is 48.3 Å². The highest BCUT2D eigenvalue weighted by atomic mass is 32.2. The number of hydrogen-bond acceptors (Lipinski definition) is 2. The summed E-state index contributed by atoms with van der Waals surface area (Å²) in [6, 6.07) is 10.2. The number of benzene rings is 1. The van der Waals surface area contributed by atoms with Gasteiger partial charge in [0.2, 0.25) is 0 Å². The molecule has 1 heterocycles. The van der Waals surface area contributed by atoms with Gasteiger partial charge in [0.1, 0.15) is 6.26 Å². The normalized spacial score (nSPS) is 15.2. The lowest BCUT2D eigenvalue weighted by Crippen LogP contribution is -1.82. The average Bonchev–Trinajstić information content (AvgIpc) is 2.21. The quantitative estimate of drug-likeness (QED) is 0.649. The summed E-state index contributed by atoms with van der Waals surface area (Å²) in [5.74, 6) is 0. The number of rotatable bonds is 1. The maximum absolute atomic E-state index is 5.07. The molecule has 0 spiro atoms. The van der Waals surface area contributed by atoms with Gasteiger partial charge in [-0.2, -0.15) is 0 Å². The van der Waals surface area contributed by atoms with Crippen LogP contribution < -0.4 is 0 Å². The maximum Gasteiger partial charge on any atom is 0.105 e. The molecule has 0 fully saturated rings. The molecule has 1 aliphatic rings. The minimum absolute atomic E-state index is 1.15. The second kappa shape index (κ2) is 3.50. The first-order valence-electron chi connectivity index (χ1n) is 3.69. The predicted octanol–water partition coefficient (Wildman–Crippen LogP) is 3.22. The molecular weight excluding hydrogens is 168 g/mol. The minimum atomic E-state index is 1.15. The van der Waals surface area contributed by atoms with Crippen molar-refractivity contribution >= 4 is 16.7 Å². The molecule has 1 aromatic carbocycles. The van der Waals surface area contributed by atoms with Gasteiger partial charge in [-0.1, -0.05) is 42.1 Å². The van der Waals surface area contributed by atoms with Crippen molar-refractivity contribution in [3.63, 3.8) is 0 Å². The summed E-state index contributed by atoms with van der Waals surface area (Å²) in [6.45, 7) is 0. The molecule has 1 nitrogen and oxygen atoms in total. The van der Waals surface area contributed by atoms with Crippen LogP contribution in [0.3, 0.4) is 0 Å². The molecule has 1 aromatic rings. The Morgan fingerprint density at radius 3 is 2.58 bits per heavy atom. The third kappa shape index (κ3) is 1.53. The maximum atomic E-state index is 5.07. The fraction of sp³-hybridized carbons (Fsp3) is 0. The van der Waals surface area contributed by atoms with Gasteiger partial charge < -0.3 is 4.74 Å². The first-order valence-corrected chi connectivity index (χ1v) is 4.57. The molecule has 0 bridgehead atoms. The Bertz CT molecular complexity index is 314. The van der Waals surface area contributed by atoms with Gasteiger partial charge >= 0.3 is 0 Å². The van der Waals surface area contributed by atoms with Gasteiger partial charge in [0, 0.05) is 5.41 Å². The van der Waals surface area contributed by atoms with Crippen molar-refractivity contribution in [3.05, 3.63) is 53.8 Å².